The van der Waals surface area contributed by atoms with Gasteiger partial charge in [0.1, 0.15) is 11.5 Å². The average molecular weight is 609 g/mol. The molecule has 9 heteroatoms. The van der Waals surface area contributed by atoms with E-state index < -0.39 is 23.7 Å². The van der Waals surface area contributed by atoms with Crippen LogP contribution in [0.25, 0.3) is 0 Å². The first-order valence-corrected chi connectivity index (χ1v) is 13.7. The van der Waals surface area contributed by atoms with Gasteiger partial charge < -0.3 is 9.84 Å². The Bertz CT molecular complexity index is 1600. The van der Waals surface area contributed by atoms with Crippen LogP contribution in [0.3, 0.4) is 0 Å². The minimum Gasteiger partial charge on any atom is -0.508 e. The number of benzene rings is 2. The zero-order chi connectivity index (χ0) is 27.7. The Morgan fingerprint density at radius 1 is 1.05 bits per heavy atom. The van der Waals surface area contributed by atoms with Gasteiger partial charge in [0.2, 0.25) is 11.8 Å². The topological polar surface area (TPSA) is 101 Å². The molecule has 4 unspecified atom stereocenters. The zero-order valence-electron chi connectivity index (χ0n) is 21.0. The van der Waals surface area contributed by atoms with Gasteiger partial charge in [-0.1, -0.05) is 35.4 Å². The summed E-state index contributed by atoms with van der Waals surface area (Å²) in [4.78, 5) is 55.5. The van der Waals surface area contributed by atoms with Crippen molar-refractivity contribution in [2.24, 2.45) is 17.8 Å². The van der Waals surface area contributed by atoms with Crippen LogP contribution in [0.1, 0.15) is 29.9 Å². The number of carbonyl (C=O) groups is 4. The van der Waals surface area contributed by atoms with Crippen LogP contribution in [0.2, 0.25) is 5.02 Å². The number of allylic oxidation sites excluding steroid dienone is 6. The van der Waals surface area contributed by atoms with Crippen molar-refractivity contribution in [1.82, 2.24) is 0 Å². The lowest BCUT2D eigenvalue weighted by Crippen LogP contribution is -2.39. The molecule has 0 radical (unpaired) electrons. The molecule has 0 bridgehead atoms. The standard InChI is InChI=1S/C30H23BrClNO6/c1-13-3-4-14(9-22(13)32)33-29(37)18-8-7-16-19(26(18)30(33)38)11-20-27(23(35)12-21(31)28(20)36)25(16)17-6-5-15(34)10-24(17)39-2/h3-7,9-10,12,18-19,25-26,34H,8,11H2,1-2H3. The summed E-state index contributed by atoms with van der Waals surface area (Å²) in [5.41, 5.74) is 3.32. The third-order valence-corrected chi connectivity index (χ3v) is 9.27. The van der Waals surface area contributed by atoms with Crippen LogP contribution >= 0.6 is 27.5 Å². The Kier molecular flexibility index (Phi) is 6.15. The number of methoxy groups -OCH3 is 1. The second-order valence-corrected chi connectivity index (χ2v) is 11.5. The van der Waals surface area contributed by atoms with E-state index in [9.17, 15) is 24.3 Å². The van der Waals surface area contributed by atoms with Crippen molar-refractivity contribution in [3.8, 4) is 11.5 Å². The predicted octanol–water partition coefficient (Wildman–Crippen LogP) is 5.33. The number of hydrogen-bond donors (Lipinski definition) is 1. The number of amides is 2. The maximum absolute atomic E-state index is 14.0. The number of rotatable bonds is 3. The number of halogens is 2. The molecule has 1 N–H and O–H groups in total. The molecule has 2 amide bonds. The third kappa shape index (κ3) is 3.84. The lowest BCUT2D eigenvalue weighted by atomic mass is 9.59. The number of Topliss-reactive ketones (excluding diaryl/α,β-unsaturated/α-hetero) is 1. The van der Waals surface area contributed by atoms with E-state index in [1.165, 1.54) is 30.2 Å². The van der Waals surface area contributed by atoms with Crippen molar-refractivity contribution in [2.75, 3.05) is 12.0 Å². The van der Waals surface area contributed by atoms with E-state index >= 15 is 0 Å². The van der Waals surface area contributed by atoms with Crippen LogP contribution < -0.4 is 9.64 Å². The number of nitrogens with zero attached hydrogens (tertiary/aromatic N) is 1. The maximum Gasteiger partial charge on any atom is 0.238 e. The van der Waals surface area contributed by atoms with Gasteiger partial charge in [-0.15, -0.1) is 0 Å². The summed E-state index contributed by atoms with van der Waals surface area (Å²) in [6, 6.07) is 9.73. The number of anilines is 1. The summed E-state index contributed by atoms with van der Waals surface area (Å²) < 4.78 is 5.73. The van der Waals surface area contributed by atoms with Crippen LogP contribution in [0.15, 0.2) is 69.8 Å². The van der Waals surface area contributed by atoms with E-state index in [0.717, 1.165) is 11.1 Å². The summed E-state index contributed by atoms with van der Waals surface area (Å²) in [5, 5.41) is 10.5. The number of carbonyl (C=O) groups excluding carboxylic acids is 4. The molecule has 0 spiro atoms. The summed E-state index contributed by atoms with van der Waals surface area (Å²) in [6.45, 7) is 1.84. The molecule has 7 nitrogen and oxygen atoms in total. The lowest BCUT2D eigenvalue weighted by molar-refractivity contribution is -0.123. The van der Waals surface area contributed by atoms with Crippen molar-refractivity contribution in [1.29, 1.82) is 0 Å². The molecule has 2 aromatic carbocycles. The average Bonchev–Trinajstić information content (AvgIpc) is 3.17. The Labute approximate surface area is 237 Å². The molecular weight excluding hydrogens is 586 g/mol. The molecule has 4 atom stereocenters. The number of imide groups is 1. The van der Waals surface area contributed by atoms with Crippen molar-refractivity contribution in [3.05, 3.63) is 85.9 Å². The summed E-state index contributed by atoms with van der Waals surface area (Å²) in [7, 11) is 1.47. The Morgan fingerprint density at radius 2 is 1.82 bits per heavy atom. The summed E-state index contributed by atoms with van der Waals surface area (Å²) in [5.74, 6) is -3.36. The first-order valence-electron chi connectivity index (χ1n) is 12.5. The number of phenolic OH excluding ortho intramolecular Hbond substituents is 1. The predicted molar refractivity (Wildman–Crippen MR) is 148 cm³/mol. The third-order valence-electron chi connectivity index (χ3n) is 8.27. The fourth-order valence-electron chi connectivity index (χ4n) is 6.48. The van der Waals surface area contributed by atoms with Crippen LogP contribution in [0.4, 0.5) is 5.69 Å². The Morgan fingerprint density at radius 3 is 2.54 bits per heavy atom. The molecule has 3 aliphatic carbocycles. The van der Waals surface area contributed by atoms with Crippen LogP contribution in [0, 0.1) is 24.7 Å². The van der Waals surface area contributed by atoms with Crippen LogP contribution in [-0.4, -0.2) is 35.6 Å². The van der Waals surface area contributed by atoms with Gasteiger partial charge in [-0.25, -0.2) is 4.90 Å². The fourth-order valence-corrected chi connectivity index (χ4v) is 7.10. The lowest BCUT2D eigenvalue weighted by Gasteiger charge is -2.42. The SMILES string of the molecule is COc1cc(O)ccc1C1C2=CCC3C(=O)N(c4ccc(C)c(Cl)c4)C(=O)C3C2CC2=C1C(=O)C=C(Br)C2=O. The maximum atomic E-state index is 14.0. The Hall–Kier alpha value is -3.49. The number of ether oxygens (including phenoxy) is 1. The highest BCUT2D eigenvalue weighted by Crippen LogP contribution is 2.56. The molecule has 39 heavy (non-hydrogen) atoms. The van der Waals surface area contributed by atoms with Crippen molar-refractivity contribution in [2.45, 2.75) is 25.7 Å². The number of phenols is 1. The van der Waals surface area contributed by atoms with Crippen LogP contribution in [0.5, 0.6) is 11.5 Å². The van der Waals surface area contributed by atoms with Gasteiger partial charge in [0.05, 0.1) is 29.1 Å². The summed E-state index contributed by atoms with van der Waals surface area (Å²) in [6.07, 6.45) is 3.70. The van der Waals surface area contributed by atoms with E-state index in [0.29, 0.717) is 39.6 Å². The van der Waals surface area contributed by atoms with Gasteiger partial charge in [0.15, 0.2) is 11.6 Å². The Balaban J connectivity index is 1.50. The quantitative estimate of drug-likeness (QED) is 0.287. The second-order valence-electron chi connectivity index (χ2n) is 10.3. The normalized spacial score (nSPS) is 26.2. The highest BCUT2D eigenvalue weighted by molar-refractivity contribution is 9.12. The minimum atomic E-state index is -0.704. The number of aromatic hydroxyl groups is 1. The number of fused-ring (bicyclic) bond motifs is 3. The highest BCUT2D eigenvalue weighted by atomic mass is 79.9. The van der Waals surface area contributed by atoms with E-state index in [1.807, 2.05) is 13.0 Å². The second kappa shape index (κ2) is 9.31. The van der Waals surface area contributed by atoms with Gasteiger partial charge in [0, 0.05) is 39.8 Å². The molecule has 198 valence electrons. The molecule has 4 aliphatic rings. The van der Waals surface area contributed by atoms with E-state index in [2.05, 4.69) is 15.9 Å². The molecule has 1 aliphatic heterocycles. The van der Waals surface area contributed by atoms with Gasteiger partial charge in [-0.05, 0) is 65.4 Å². The number of ketones is 2. The molecule has 1 heterocycles. The van der Waals surface area contributed by atoms with Gasteiger partial charge in [-0.2, -0.15) is 0 Å². The van der Waals surface area contributed by atoms with E-state index in [1.54, 1.807) is 24.3 Å². The summed E-state index contributed by atoms with van der Waals surface area (Å²) >= 11 is 9.55. The van der Waals surface area contributed by atoms with E-state index in [-0.39, 0.29) is 40.0 Å². The fraction of sp³-hybridized carbons (Fsp3) is 0.267. The van der Waals surface area contributed by atoms with Crippen molar-refractivity contribution in [3.63, 3.8) is 0 Å². The van der Waals surface area contributed by atoms with E-state index in [4.69, 9.17) is 16.3 Å². The molecule has 6 rings (SSSR count). The van der Waals surface area contributed by atoms with Crippen molar-refractivity contribution < 1.29 is 29.0 Å². The first kappa shape index (κ1) is 25.8. The number of hydrogen-bond acceptors (Lipinski definition) is 6. The molecule has 1 fully saturated rings. The number of aryl methyl sites for hydroxylation is 1. The smallest absolute Gasteiger partial charge is 0.238 e. The van der Waals surface area contributed by atoms with Gasteiger partial charge in [0.25, 0.3) is 0 Å². The van der Waals surface area contributed by atoms with Crippen molar-refractivity contribution >= 4 is 56.6 Å². The van der Waals surface area contributed by atoms with Gasteiger partial charge in [-0.3, -0.25) is 19.2 Å². The monoisotopic (exact) mass is 607 g/mol. The molecular formula is C30H23BrClNO6. The molecule has 1 saturated heterocycles. The molecule has 2 aromatic rings. The zero-order valence-corrected chi connectivity index (χ0v) is 23.4. The van der Waals surface area contributed by atoms with Gasteiger partial charge >= 0.3 is 0 Å². The highest BCUT2D eigenvalue weighted by Gasteiger charge is 2.57. The first-order chi connectivity index (χ1) is 18.6. The largest absolute Gasteiger partial charge is 0.508 e. The van der Waals surface area contributed by atoms with Crippen LogP contribution in [-0.2, 0) is 19.2 Å². The minimum absolute atomic E-state index is 0.00694. The molecule has 0 saturated carbocycles. The molecule has 0 aromatic heterocycles.